The maximum absolute atomic E-state index is 14.8. The van der Waals surface area contributed by atoms with Gasteiger partial charge in [0, 0.05) is 37.0 Å². The van der Waals surface area contributed by atoms with Crippen molar-refractivity contribution < 1.29 is 42.3 Å². The first kappa shape index (κ1) is 29.8. The van der Waals surface area contributed by atoms with Gasteiger partial charge in [0.2, 0.25) is 5.75 Å². The Bertz CT molecular complexity index is 1470. The normalized spacial score (nSPS) is 15.3. The van der Waals surface area contributed by atoms with Crippen molar-refractivity contribution in [3.63, 3.8) is 0 Å². The molecule has 0 spiro atoms. The number of nitrogens with zero attached hydrogens (tertiary/aromatic N) is 2. The van der Waals surface area contributed by atoms with Crippen molar-refractivity contribution in [2.24, 2.45) is 4.99 Å². The Hall–Kier alpha value is -4.67. The number of hydrogen-bond donors (Lipinski definition) is 0. The highest BCUT2D eigenvalue weighted by atomic mass is 19.1. The predicted octanol–water partition coefficient (Wildman–Crippen LogP) is 6.21. The van der Waals surface area contributed by atoms with E-state index in [2.05, 4.69) is 4.99 Å². The molecule has 0 saturated carbocycles. The Balaban J connectivity index is 1.12. The van der Waals surface area contributed by atoms with Crippen LogP contribution < -0.4 is 33.2 Å². The van der Waals surface area contributed by atoms with Crippen LogP contribution in [0.1, 0.15) is 36.0 Å². The molecule has 0 aliphatic carbocycles. The summed E-state index contributed by atoms with van der Waals surface area (Å²) in [6.07, 6.45) is 5.10. The van der Waals surface area contributed by atoms with Gasteiger partial charge in [-0.1, -0.05) is 0 Å². The second-order valence-corrected chi connectivity index (χ2v) is 9.97. The van der Waals surface area contributed by atoms with E-state index in [1.807, 2.05) is 11.1 Å². The number of hydrogen-bond acceptors (Lipinski definition) is 9. The number of unbranched alkanes of at least 4 members (excludes halogenated alkanes) is 1. The highest BCUT2D eigenvalue weighted by Gasteiger charge is 2.32. The van der Waals surface area contributed by atoms with Crippen molar-refractivity contribution in [1.29, 1.82) is 0 Å². The van der Waals surface area contributed by atoms with Gasteiger partial charge in [0.25, 0.3) is 5.91 Å². The third-order valence-electron chi connectivity index (χ3n) is 7.29. The Labute approximate surface area is 249 Å². The van der Waals surface area contributed by atoms with Crippen molar-refractivity contribution >= 4 is 17.8 Å². The van der Waals surface area contributed by atoms with Crippen LogP contribution in [0.15, 0.2) is 47.5 Å². The summed E-state index contributed by atoms with van der Waals surface area (Å²) in [4.78, 5) is 19.5. The summed E-state index contributed by atoms with van der Waals surface area (Å²) in [5.74, 6) is 2.33. The number of carbonyl (C=O) groups is 1. The SMILES string of the molecule is COc1cc2c(cc1OCCCCOc1ccc(Oc3cc(OC)c(OC)c(OC)c3)c(F)c1)N=C[C@@H]1CCCN1C2=O. The summed E-state index contributed by atoms with van der Waals surface area (Å²) in [7, 11) is 6.03. The van der Waals surface area contributed by atoms with Gasteiger partial charge in [0.15, 0.2) is 34.6 Å². The summed E-state index contributed by atoms with van der Waals surface area (Å²) in [5, 5.41) is 0. The highest BCUT2D eigenvalue weighted by molar-refractivity contribution is 6.03. The number of aliphatic imine (C=N–C) groups is 1. The number of ether oxygens (including phenoxy) is 7. The Morgan fingerprint density at radius 1 is 0.814 bits per heavy atom. The number of amides is 1. The molecule has 3 aromatic carbocycles. The third kappa shape index (κ3) is 6.55. The molecule has 0 unspecified atom stereocenters. The van der Waals surface area contributed by atoms with Gasteiger partial charge in [-0.05, 0) is 43.9 Å². The van der Waals surface area contributed by atoms with Crippen LogP contribution in [-0.2, 0) is 0 Å². The van der Waals surface area contributed by atoms with E-state index in [9.17, 15) is 9.18 Å². The van der Waals surface area contributed by atoms with Crippen LogP contribution in [0.5, 0.6) is 46.0 Å². The molecule has 2 aliphatic heterocycles. The van der Waals surface area contributed by atoms with Crippen molar-refractivity contribution in [2.45, 2.75) is 31.7 Å². The fourth-order valence-electron chi connectivity index (χ4n) is 5.09. The lowest BCUT2D eigenvalue weighted by molar-refractivity contribution is 0.0774. The maximum Gasteiger partial charge on any atom is 0.256 e. The number of benzene rings is 3. The Kier molecular flexibility index (Phi) is 9.38. The number of halogens is 1. The van der Waals surface area contributed by atoms with E-state index >= 15 is 0 Å². The molecule has 3 aromatic rings. The zero-order chi connectivity index (χ0) is 30.3. The van der Waals surface area contributed by atoms with Gasteiger partial charge in [-0.3, -0.25) is 9.79 Å². The summed E-state index contributed by atoms with van der Waals surface area (Å²) < 4.78 is 53.7. The molecule has 0 radical (unpaired) electrons. The zero-order valence-electron chi connectivity index (χ0n) is 24.7. The van der Waals surface area contributed by atoms with Crippen molar-refractivity contribution in [2.75, 3.05) is 48.2 Å². The standard InChI is InChI=1S/C32H35FN2O8/c1-37-27-17-23-25(34-19-20-8-7-11-35(20)32(23)36)18-28(27)42-13-6-5-12-41-21-9-10-26(24(33)14-21)43-22-15-29(38-2)31(40-4)30(16-22)39-3/h9-10,14-20H,5-8,11-13H2,1-4H3/t20-/m0/s1. The molecule has 10 nitrogen and oxygen atoms in total. The lowest BCUT2D eigenvalue weighted by atomic mass is 10.1. The van der Waals surface area contributed by atoms with E-state index in [1.54, 1.807) is 37.4 Å². The molecule has 1 saturated heterocycles. The van der Waals surface area contributed by atoms with Gasteiger partial charge in [-0.2, -0.15) is 0 Å². The lowest BCUT2D eigenvalue weighted by Crippen LogP contribution is -2.35. The fourth-order valence-corrected chi connectivity index (χ4v) is 5.09. The lowest BCUT2D eigenvalue weighted by Gasteiger charge is -2.20. The molecule has 2 aliphatic rings. The summed E-state index contributed by atoms with van der Waals surface area (Å²) in [5.41, 5.74) is 1.10. The average Bonchev–Trinajstić information content (AvgIpc) is 3.46. The van der Waals surface area contributed by atoms with Gasteiger partial charge in [-0.25, -0.2) is 4.39 Å². The third-order valence-corrected chi connectivity index (χ3v) is 7.29. The number of methoxy groups -OCH3 is 4. The minimum atomic E-state index is -0.577. The van der Waals surface area contributed by atoms with Crippen LogP contribution in [0.3, 0.4) is 0 Å². The number of carbonyl (C=O) groups excluding carboxylic acids is 1. The van der Waals surface area contributed by atoms with Crippen LogP contribution in [0.4, 0.5) is 10.1 Å². The zero-order valence-corrected chi connectivity index (χ0v) is 24.7. The van der Waals surface area contributed by atoms with Crippen molar-refractivity contribution in [3.05, 3.63) is 53.8 Å². The van der Waals surface area contributed by atoms with E-state index in [1.165, 1.54) is 33.5 Å². The summed E-state index contributed by atoms with van der Waals surface area (Å²) in [6.45, 7) is 1.51. The van der Waals surface area contributed by atoms with Crippen LogP contribution in [0, 0.1) is 5.82 Å². The minimum Gasteiger partial charge on any atom is -0.493 e. The van der Waals surface area contributed by atoms with Crippen LogP contribution >= 0.6 is 0 Å². The predicted molar refractivity (Wildman–Crippen MR) is 158 cm³/mol. The quantitative estimate of drug-likeness (QED) is 0.216. The van der Waals surface area contributed by atoms with Crippen molar-refractivity contribution in [3.8, 4) is 46.0 Å². The molecule has 1 fully saturated rings. The van der Waals surface area contributed by atoms with E-state index < -0.39 is 5.82 Å². The molecule has 5 rings (SSSR count). The molecule has 11 heteroatoms. The van der Waals surface area contributed by atoms with E-state index in [0.29, 0.717) is 77.6 Å². The number of fused-ring (bicyclic) bond motifs is 2. The second-order valence-electron chi connectivity index (χ2n) is 9.97. The molecule has 2 heterocycles. The molecule has 228 valence electrons. The van der Waals surface area contributed by atoms with Crippen molar-refractivity contribution in [1.82, 2.24) is 4.90 Å². The molecule has 1 amide bonds. The molecule has 0 N–H and O–H groups in total. The molecule has 1 atom stereocenters. The van der Waals surface area contributed by atoms with E-state index in [4.69, 9.17) is 33.2 Å². The maximum atomic E-state index is 14.8. The van der Waals surface area contributed by atoms with Gasteiger partial charge in [-0.15, -0.1) is 0 Å². The monoisotopic (exact) mass is 594 g/mol. The highest BCUT2D eigenvalue weighted by Crippen LogP contribution is 2.42. The smallest absolute Gasteiger partial charge is 0.256 e. The summed E-state index contributed by atoms with van der Waals surface area (Å²) in [6, 6.07) is 11.1. The van der Waals surface area contributed by atoms with Gasteiger partial charge in [0.05, 0.1) is 58.9 Å². The molecule has 43 heavy (non-hydrogen) atoms. The molecular weight excluding hydrogens is 559 g/mol. The topological polar surface area (TPSA) is 97.3 Å². The largest absolute Gasteiger partial charge is 0.493 e. The summed E-state index contributed by atoms with van der Waals surface area (Å²) >= 11 is 0. The second kappa shape index (κ2) is 13.5. The fraction of sp³-hybridized carbons (Fsp3) is 0.375. The van der Waals surface area contributed by atoms with E-state index in [0.717, 1.165) is 19.4 Å². The van der Waals surface area contributed by atoms with Crippen LogP contribution in [0.2, 0.25) is 0 Å². The van der Waals surface area contributed by atoms with Crippen LogP contribution in [-0.4, -0.2) is 71.3 Å². The molecule has 0 bridgehead atoms. The van der Waals surface area contributed by atoms with Gasteiger partial charge in [0.1, 0.15) is 11.5 Å². The van der Waals surface area contributed by atoms with Crippen LogP contribution in [0.25, 0.3) is 0 Å². The van der Waals surface area contributed by atoms with Gasteiger partial charge >= 0.3 is 0 Å². The average molecular weight is 595 g/mol. The molecule has 0 aromatic heterocycles. The number of rotatable bonds is 13. The first-order valence-corrected chi connectivity index (χ1v) is 14.1. The molecular formula is C32H35FN2O8. The van der Waals surface area contributed by atoms with E-state index in [-0.39, 0.29) is 17.7 Å². The van der Waals surface area contributed by atoms with Gasteiger partial charge < -0.3 is 38.1 Å². The minimum absolute atomic E-state index is 0.0242. The first-order valence-electron chi connectivity index (χ1n) is 14.1. The Morgan fingerprint density at radius 2 is 1.53 bits per heavy atom. The Morgan fingerprint density at radius 3 is 2.21 bits per heavy atom. The first-order chi connectivity index (χ1) is 20.9.